The van der Waals surface area contributed by atoms with Crippen LogP contribution in [0.25, 0.3) is 0 Å². The van der Waals surface area contributed by atoms with Crippen molar-refractivity contribution >= 4 is 11.8 Å². The van der Waals surface area contributed by atoms with Crippen LogP contribution >= 0.6 is 0 Å². The van der Waals surface area contributed by atoms with Gasteiger partial charge in [0.15, 0.2) is 11.5 Å². The quantitative estimate of drug-likeness (QED) is 0.830. The molecule has 0 aromatic heterocycles. The van der Waals surface area contributed by atoms with Crippen LogP contribution < -0.4 is 9.47 Å². The topological polar surface area (TPSA) is 59.1 Å². The van der Waals surface area contributed by atoms with Crippen molar-refractivity contribution in [1.29, 1.82) is 0 Å². The van der Waals surface area contributed by atoms with Gasteiger partial charge < -0.3 is 19.3 Å². The van der Waals surface area contributed by atoms with Gasteiger partial charge in [-0.15, -0.1) is 0 Å². The Kier molecular flexibility index (Phi) is 4.66. The number of hydrogen-bond donors (Lipinski definition) is 0. The summed E-state index contributed by atoms with van der Waals surface area (Å²) >= 11 is 0. The fourth-order valence-corrected chi connectivity index (χ4v) is 3.27. The van der Waals surface area contributed by atoms with E-state index in [2.05, 4.69) is 0 Å². The van der Waals surface area contributed by atoms with Crippen LogP contribution in [0.1, 0.15) is 15.9 Å². The summed E-state index contributed by atoms with van der Waals surface area (Å²) in [6, 6.07) is 11.0. The van der Waals surface area contributed by atoms with Gasteiger partial charge in [-0.3, -0.25) is 9.59 Å². The fourth-order valence-electron chi connectivity index (χ4n) is 3.27. The van der Waals surface area contributed by atoms with Crippen LogP contribution in [0.4, 0.5) is 4.39 Å². The largest absolute Gasteiger partial charge is 0.454 e. The lowest BCUT2D eigenvalue weighted by molar-refractivity contribution is -0.131. The summed E-state index contributed by atoms with van der Waals surface area (Å²) in [6.07, 6.45) is 0.280. The number of carbonyl (C=O) groups excluding carboxylic acids is 2. The van der Waals surface area contributed by atoms with Crippen molar-refractivity contribution in [3.63, 3.8) is 0 Å². The van der Waals surface area contributed by atoms with E-state index in [0.29, 0.717) is 43.2 Å². The lowest BCUT2D eigenvalue weighted by Gasteiger charge is -2.35. The Hall–Kier alpha value is -3.09. The lowest BCUT2D eigenvalue weighted by Crippen LogP contribution is -2.51. The zero-order valence-electron chi connectivity index (χ0n) is 14.7. The second kappa shape index (κ2) is 7.26. The molecule has 2 heterocycles. The zero-order chi connectivity index (χ0) is 18.8. The maximum atomic E-state index is 13.0. The number of rotatable bonds is 3. The molecule has 0 radical (unpaired) electrons. The Balaban J connectivity index is 1.32. The first-order valence-corrected chi connectivity index (χ1v) is 8.81. The van der Waals surface area contributed by atoms with E-state index in [0.717, 1.165) is 5.56 Å². The molecule has 2 aliphatic heterocycles. The molecule has 7 heteroatoms. The molecule has 0 saturated carbocycles. The third kappa shape index (κ3) is 3.72. The molecular weight excluding hydrogens is 351 g/mol. The van der Waals surface area contributed by atoms with Crippen molar-refractivity contribution in [2.45, 2.75) is 6.42 Å². The molecule has 0 atom stereocenters. The average Bonchev–Trinajstić information content (AvgIpc) is 3.16. The summed E-state index contributed by atoms with van der Waals surface area (Å²) in [4.78, 5) is 28.5. The van der Waals surface area contributed by atoms with Gasteiger partial charge >= 0.3 is 0 Å². The average molecular weight is 370 g/mol. The Morgan fingerprint density at radius 2 is 1.56 bits per heavy atom. The monoisotopic (exact) mass is 370 g/mol. The minimum atomic E-state index is -0.370. The number of piperazine rings is 1. The van der Waals surface area contributed by atoms with Crippen LogP contribution in [0, 0.1) is 5.82 Å². The van der Waals surface area contributed by atoms with E-state index < -0.39 is 0 Å². The Bertz CT molecular complexity index is 861. The van der Waals surface area contributed by atoms with Crippen molar-refractivity contribution in [3.05, 3.63) is 59.4 Å². The molecule has 0 spiro atoms. The van der Waals surface area contributed by atoms with Crippen LogP contribution in [-0.4, -0.2) is 54.6 Å². The molecule has 2 aliphatic rings. The minimum absolute atomic E-state index is 0.0164. The number of amides is 2. The Labute approximate surface area is 156 Å². The van der Waals surface area contributed by atoms with Gasteiger partial charge in [0.2, 0.25) is 12.7 Å². The molecular formula is C20H19FN2O4. The molecule has 2 amide bonds. The van der Waals surface area contributed by atoms with Gasteiger partial charge in [-0.1, -0.05) is 6.07 Å². The number of nitrogens with zero attached hydrogens (tertiary/aromatic N) is 2. The first kappa shape index (κ1) is 17.3. The van der Waals surface area contributed by atoms with Crippen molar-refractivity contribution in [3.8, 4) is 11.5 Å². The van der Waals surface area contributed by atoms with E-state index in [4.69, 9.17) is 9.47 Å². The first-order valence-electron chi connectivity index (χ1n) is 8.81. The molecule has 0 bridgehead atoms. The van der Waals surface area contributed by atoms with E-state index in [1.807, 2.05) is 18.2 Å². The fraction of sp³-hybridized carbons (Fsp3) is 0.300. The second-order valence-electron chi connectivity index (χ2n) is 6.54. The van der Waals surface area contributed by atoms with Gasteiger partial charge in [0, 0.05) is 31.7 Å². The van der Waals surface area contributed by atoms with Gasteiger partial charge in [-0.05, 0) is 42.0 Å². The van der Waals surface area contributed by atoms with Crippen molar-refractivity contribution < 1.29 is 23.5 Å². The highest BCUT2D eigenvalue weighted by Gasteiger charge is 2.25. The summed E-state index contributed by atoms with van der Waals surface area (Å²) in [6.45, 7) is 2.09. The van der Waals surface area contributed by atoms with Crippen molar-refractivity contribution in [1.82, 2.24) is 9.80 Å². The molecule has 1 saturated heterocycles. The Morgan fingerprint density at radius 1 is 0.889 bits per heavy atom. The molecule has 0 aliphatic carbocycles. The SMILES string of the molecule is O=C(Cc1ccc2c(c1)OCO2)N1CCN(C(=O)c2ccc(F)cc2)CC1. The second-order valence-corrected chi connectivity index (χ2v) is 6.54. The highest BCUT2D eigenvalue weighted by Crippen LogP contribution is 2.32. The normalized spacial score (nSPS) is 15.7. The smallest absolute Gasteiger partial charge is 0.253 e. The summed E-state index contributed by atoms with van der Waals surface area (Å²) < 4.78 is 23.6. The molecule has 1 fully saturated rings. The standard InChI is InChI=1S/C20H19FN2O4/c21-16-4-2-15(3-5-16)20(25)23-9-7-22(8-10-23)19(24)12-14-1-6-17-18(11-14)27-13-26-17/h1-6,11H,7-10,12-13H2. The Morgan fingerprint density at radius 3 is 2.30 bits per heavy atom. The molecule has 6 nitrogen and oxygen atoms in total. The van der Waals surface area contributed by atoms with Crippen LogP contribution in [0.5, 0.6) is 11.5 Å². The van der Waals surface area contributed by atoms with E-state index >= 15 is 0 Å². The predicted octanol–water partition coefficient (Wildman–Crippen LogP) is 2.08. The first-order chi connectivity index (χ1) is 13.1. The number of ether oxygens (including phenoxy) is 2. The number of fused-ring (bicyclic) bond motifs is 1. The lowest BCUT2D eigenvalue weighted by atomic mass is 10.1. The maximum Gasteiger partial charge on any atom is 0.253 e. The van der Waals surface area contributed by atoms with Crippen molar-refractivity contribution in [2.75, 3.05) is 33.0 Å². The molecule has 27 heavy (non-hydrogen) atoms. The maximum absolute atomic E-state index is 13.0. The summed E-state index contributed by atoms with van der Waals surface area (Å²) in [5.41, 5.74) is 1.32. The van der Waals surface area contributed by atoms with Crippen LogP contribution in [-0.2, 0) is 11.2 Å². The van der Waals surface area contributed by atoms with Gasteiger partial charge in [0.05, 0.1) is 6.42 Å². The number of hydrogen-bond acceptors (Lipinski definition) is 4. The van der Waals surface area contributed by atoms with Crippen LogP contribution in [0.3, 0.4) is 0 Å². The van der Waals surface area contributed by atoms with E-state index in [-0.39, 0.29) is 30.8 Å². The highest BCUT2D eigenvalue weighted by molar-refractivity contribution is 5.94. The third-order valence-corrected chi connectivity index (χ3v) is 4.80. The number of benzene rings is 2. The molecule has 2 aromatic rings. The predicted molar refractivity (Wildman–Crippen MR) is 95.2 cm³/mol. The van der Waals surface area contributed by atoms with E-state index in [1.165, 1.54) is 24.3 Å². The molecule has 0 unspecified atom stereocenters. The van der Waals surface area contributed by atoms with Crippen LogP contribution in [0.2, 0.25) is 0 Å². The van der Waals surface area contributed by atoms with E-state index in [9.17, 15) is 14.0 Å². The van der Waals surface area contributed by atoms with Crippen molar-refractivity contribution in [2.24, 2.45) is 0 Å². The van der Waals surface area contributed by atoms with E-state index in [1.54, 1.807) is 9.80 Å². The van der Waals surface area contributed by atoms with Gasteiger partial charge in [0.1, 0.15) is 5.82 Å². The highest BCUT2D eigenvalue weighted by atomic mass is 19.1. The molecule has 4 rings (SSSR count). The molecule has 140 valence electrons. The zero-order valence-corrected chi connectivity index (χ0v) is 14.7. The summed E-state index contributed by atoms with van der Waals surface area (Å²) in [5.74, 6) is 0.861. The number of halogens is 1. The third-order valence-electron chi connectivity index (χ3n) is 4.80. The number of carbonyl (C=O) groups is 2. The molecule has 0 N–H and O–H groups in total. The van der Waals surface area contributed by atoms with Crippen LogP contribution in [0.15, 0.2) is 42.5 Å². The summed E-state index contributed by atoms with van der Waals surface area (Å²) in [5, 5.41) is 0. The summed E-state index contributed by atoms with van der Waals surface area (Å²) in [7, 11) is 0. The minimum Gasteiger partial charge on any atom is -0.454 e. The van der Waals surface area contributed by atoms with Gasteiger partial charge in [0.25, 0.3) is 5.91 Å². The van der Waals surface area contributed by atoms with Gasteiger partial charge in [-0.2, -0.15) is 0 Å². The van der Waals surface area contributed by atoms with Gasteiger partial charge in [-0.25, -0.2) is 4.39 Å². The molecule has 2 aromatic carbocycles.